The summed E-state index contributed by atoms with van der Waals surface area (Å²) < 4.78 is 5.45. The second kappa shape index (κ2) is 8.54. The third kappa shape index (κ3) is 5.11. The second-order valence-corrected chi connectivity index (χ2v) is 5.12. The van der Waals surface area contributed by atoms with Crippen LogP contribution < -0.4 is 5.73 Å². The van der Waals surface area contributed by atoms with E-state index in [1.54, 1.807) is 0 Å². The molecule has 0 aliphatic carbocycles. The Balaban J connectivity index is 2.82. The molecular formula is C15H25ClN2O. The smallest absolute Gasteiger partial charge is 0.0593 e. The molecule has 0 saturated heterocycles. The number of ether oxygens (including phenoxy) is 1. The summed E-state index contributed by atoms with van der Waals surface area (Å²) in [5.74, 6) is 0. The van der Waals surface area contributed by atoms with Crippen molar-refractivity contribution < 1.29 is 4.74 Å². The zero-order chi connectivity index (χ0) is 14.3. The summed E-state index contributed by atoms with van der Waals surface area (Å²) in [6.45, 7) is 9.53. The Morgan fingerprint density at radius 1 is 1.26 bits per heavy atom. The van der Waals surface area contributed by atoms with Crippen molar-refractivity contribution in [3.05, 3.63) is 34.9 Å². The van der Waals surface area contributed by atoms with Gasteiger partial charge < -0.3 is 10.5 Å². The predicted octanol–water partition coefficient (Wildman–Crippen LogP) is 3.09. The highest BCUT2D eigenvalue weighted by Crippen LogP contribution is 2.24. The van der Waals surface area contributed by atoms with Crippen LogP contribution >= 0.6 is 11.6 Å². The largest absolute Gasteiger partial charge is 0.380 e. The number of likely N-dealkylation sites (N-methyl/N-ethyl adjacent to an activating group) is 1. The van der Waals surface area contributed by atoms with E-state index in [-0.39, 0.29) is 12.1 Å². The van der Waals surface area contributed by atoms with Crippen LogP contribution in [0.3, 0.4) is 0 Å². The van der Waals surface area contributed by atoms with E-state index in [0.717, 1.165) is 31.3 Å². The third-order valence-corrected chi connectivity index (χ3v) is 3.49. The molecule has 0 aliphatic heterocycles. The van der Waals surface area contributed by atoms with Crippen molar-refractivity contribution in [1.29, 1.82) is 0 Å². The molecule has 0 radical (unpaired) electrons. The second-order valence-electron chi connectivity index (χ2n) is 4.68. The van der Waals surface area contributed by atoms with Crippen molar-refractivity contribution in [2.45, 2.75) is 32.9 Å². The molecule has 2 N–H and O–H groups in total. The Bertz CT molecular complexity index is 354. The summed E-state index contributed by atoms with van der Waals surface area (Å²) in [4.78, 5) is 2.35. The molecule has 0 aromatic heterocycles. The molecule has 19 heavy (non-hydrogen) atoms. The van der Waals surface area contributed by atoms with Crippen LogP contribution in [0, 0.1) is 0 Å². The molecule has 108 valence electrons. The van der Waals surface area contributed by atoms with E-state index in [9.17, 15) is 0 Å². The fraction of sp³-hybridized carbons (Fsp3) is 0.600. The van der Waals surface area contributed by atoms with Crippen LogP contribution in [-0.4, -0.2) is 37.2 Å². The van der Waals surface area contributed by atoms with Gasteiger partial charge in [-0.15, -0.1) is 0 Å². The maximum atomic E-state index is 6.17. The van der Waals surface area contributed by atoms with Crippen molar-refractivity contribution in [3.8, 4) is 0 Å². The normalized spacial score (nSPS) is 14.6. The minimum Gasteiger partial charge on any atom is -0.380 e. The molecule has 0 fully saturated rings. The van der Waals surface area contributed by atoms with Crippen LogP contribution in [0.15, 0.2) is 24.3 Å². The summed E-state index contributed by atoms with van der Waals surface area (Å²) in [6, 6.07) is 8.20. The fourth-order valence-electron chi connectivity index (χ4n) is 2.33. The first-order valence-corrected chi connectivity index (χ1v) is 7.30. The number of rotatable bonds is 8. The van der Waals surface area contributed by atoms with E-state index in [1.807, 2.05) is 26.0 Å². The van der Waals surface area contributed by atoms with Gasteiger partial charge in [0.2, 0.25) is 0 Å². The van der Waals surface area contributed by atoms with Crippen LogP contribution in [-0.2, 0) is 4.74 Å². The van der Waals surface area contributed by atoms with E-state index in [0.29, 0.717) is 0 Å². The van der Waals surface area contributed by atoms with Crippen molar-refractivity contribution in [2.75, 3.05) is 26.3 Å². The summed E-state index contributed by atoms with van der Waals surface area (Å²) in [5, 5.41) is 0.754. The lowest BCUT2D eigenvalue weighted by molar-refractivity contribution is 0.0909. The summed E-state index contributed by atoms with van der Waals surface area (Å²) in [5.41, 5.74) is 7.38. The standard InChI is InChI=1S/C15H25ClN2O/c1-4-18(10-11-19-5-2)15(12(3)17)13-6-8-14(16)9-7-13/h6-9,12,15H,4-5,10-11,17H2,1-3H3. The Morgan fingerprint density at radius 3 is 2.37 bits per heavy atom. The van der Waals surface area contributed by atoms with Crippen LogP contribution in [0.25, 0.3) is 0 Å². The zero-order valence-electron chi connectivity index (χ0n) is 12.1. The summed E-state index contributed by atoms with van der Waals surface area (Å²) in [6.07, 6.45) is 0. The van der Waals surface area contributed by atoms with Crippen molar-refractivity contribution in [3.63, 3.8) is 0 Å². The lowest BCUT2D eigenvalue weighted by atomic mass is 9.99. The summed E-state index contributed by atoms with van der Waals surface area (Å²) in [7, 11) is 0. The quantitative estimate of drug-likeness (QED) is 0.746. The number of nitrogens with two attached hydrogens (primary N) is 1. The van der Waals surface area contributed by atoms with Crippen molar-refractivity contribution >= 4 is 11.6 Å². The van der Waals surface area contributed by atoms with E-state index < -0.39 is 0 Å². The SMILES string of the molecule is CCOCCN(CC)C(c1ccc(Cl)cc1)C(C)N. The Kier molecular flexibility index (Phi) is 7.39. The monoisotopic (exact) mass is 284 g/mol. The molecule has 0 heterocycles. The van der Waals surface area contributed by atoms with Crippen LogP contribution in [0.4, 0.5) is 0 Å². The number of halogens is 1. The number of nitrogens with zero attached hydrogens (tertiary/aromatic N) is 1. The minimum atomic E-state index is 0.0581. The highest BCUT2D eigenvalue weighted by Gasteiger charge is 2.22. The fourth-order valence-corrected chi connectivity index (χ4v) is 2.45. The Morgan fingerprint density at radius 2 is 1.89 bits per heavy atom. The average Bonchev–Trinajstić information content (AvgIpc) is 2.39. The first kappa shape index (κ1) is 16.4. The Labute approximate surface area is 121 Å². The topological polar surface area (TPSA) is 38.5 Å². The molecule has 0 spiro atoms. The molecule has 2 unspecified atom stereocenters. The minimum absolute atomic E-state index is 0.0581. The lowest BCUT2D eigenvalue weighted by Crippen LogP contribution is -2.41. The molecule has 1 aromatic rings. The van der Waals surface area contributed by atoms with Gasteiger partial charge in [-0.25, -0.2) is 0 Å². The van der Waals surface area contributed by atoms with Gasteiger partial charge in [0.05, 0.1) is 6.61 Å². The van der Waals surface area contributed by atoms with Crippen LogP contribution in [0.1, 0.15) is 32.4 Å². The van der Waals surface area contributed by atoms with Crippen molar-refractivity contribution in [2.24, 2.45) is 5.73 Å². The first-order chi connectivity index (χ1) is 9.10. The maximum absolute atomic E-state index is 6.17. The highest BCUT2D eigenvalue weighted by molar-refractivity contribution is 6.30. The van der Waals surface area contributed by atoms with Gasteiger partial charge in [-0.3, -0.25) is 4.90 Å². The van der Waals surface area contributed by atoms with Gasteiger partial charge >= 0.3 is 0 Å². The molecule has 2 atom stereocenters. The van der Waals surface area contributed by atoms with Gasteiger partial charge in [0.25, 0.3) is 0 Å². The maximum Gasteiger partial charge on any atom is 0.0593 e. The molecule has 0 bridgehead atoms. The van der Waals surface area contributed by atoms with Gasteiger partial charge in [0, 0.05) is 30.3 Å². The third-order valence-electron chi connectivity index (χ3n) is 3.24. The molecule has 1 aromatic carbocycles. The molecule has 3 nitrogen and oxygen atoms in total. The first-order valence-electron chi connectivity index (χ1n) is 6.93. The number of benzene rings is 1. The molecule has 1 rings (SSSR count). The van der Waals surface area contributed by atoms with E-state index >= 15 is 0 Å². The lowest BCUT2D eigenvalue weighted by Gasteiger charge is -2.33. The van der Waals surface area contributed by atoms with Gasteiger partial charge in [0.1, 0.15) is 0 Å². The molecule has 0 amide bonds. The molecule has 0 saturated carbocycles. The molecular weight excluding hydrogens is 260 g/mol. The average molecular weight is 285 g/mol. The molecule has 0 aliphatic rings. The van der Waals surface area contributed by atoms with Gasteiger partial charge in [-0.05, 0) is 38.1 Å². The van der Waals surface area contributed by atoms with Gasteiger partial charge in [-0.2, -0.15) is 0 Å². The zero-order valence-corrected chi connectivity index (χ0v) is 12.9. The van der Waals surface area contributed by atoms with E-state index in [1.165, 1.54) is 5.56 Å². The van der Waals surface area contributed by atoms with E-state index in [4.69, 9.17) is 22.1 Å². The number of hydrogen-bond acceptors (Lipinski definition) is 3. The number of hydrogen-bond donors (Lipinski definition) is 1. The molecule has 4 heteroatoms. The highest BCUT2D eigenvalue weighted by atomic mass is 35.5. The van der Waals surface area contributed by atoms with Crippen molar-refractivity contribution in [1.82, 2.24) is 4.90 Å². The Hall–Kier alpha value is -0.610. The van der Waals surface area contributed by atoms with Crippen LogP contribution in [0.2, 0.25) is 5.02 Å². The van der Waals surface area contributed by atoms with Gasteiger partial charge in [0.15, 0.2) is 0 Å². The summed E-state index contributed by atoms with van der Waals surface area (Å²) >= 11 is 5.95. The van der Waals surface area contributed by atoms with E-state index in [2.05, 4.69) is 24.0 Å². The predicted molar refractivity (Wildman–Crippen MR) is 81.6 cm³/mol. The van der Waals surface area contributed by atoms with Gasteiger partial charge in [-0.1, -0.05) is 30.7 Å². The van der Waals surface area contributed by atoms with Crippen LogP contribution in [0.5, 0.6) is 0 Å².